The van der Waals surface area contributed by atoms with Crippen LogP contribution in [0.25, 0.3) is 0 Å². The van der Waals surface area contributed by atoms with Crippen LogP contribution in [0.4, 0.5) is 5.69 Å². The van der Waals surface area contributed by atoms with E-state index in [9.17, 15) is 0 Å². The molecule has 2 N–H and O–H groups in total. The van der Waals surface area contributed by atoms with E-state index in [1.54, 1.807) is 0 Å². The summed E-state index contributed by atoms with van der Waals surface area (Å²) in [5.74, 6) is 1.15. The second-order valence-electron chi connectivity index (χ2n) is 5.99. The Hall–Kier alpha value is -1.42. The van der Waals surface area contributed by atoms with E-state index in [1.807, 2.05) is 12.3 Å². The van der Waals surface area contributed by atoms with Crippen LogP contribution in [0.2, 0.25) is 0 Å². The van der Waals surface area contributed by atoms with Gasteiger partial charge in [-0.2, -0.15) is 0 Å². The largest absolute Gasteiger partial charge is 0.360 e. The molecule has 19 heavy (non-hydrogen) atoms. The monoisotopic (exact) mass is 262 g/mol. The molecular formula is C15H26N4. The van der Waals surface area contributed by atoms with Crippen molar-refractivity contribution >= 4 is 5.69 Å². The molecule has 0 atom stereocenters. The van der Waals surface area contributed by atoms with Gasteiger partial charge >= 0.3 is 0 Å². The number of nitrogens with two attached hydrogens (primary N) is 1. The SMILES string of the molecule is C=CCN(c1cnc(C(C)C)nc1CN)C(C)(C)C. The van der Waals surface area contributed by atoms with Crippen LogP contribution in [0.1, 0.15) is 52.1 Å². The Labute approximate surface area is 116 Å². The van der Waals surface area contributed by atoms with Gasteiger partial charge in [-0.1, -0.05) is 19.9 Å². The van der Waals surface area contributed by atoms with Crippen molar-refractivity contribution in [3.63, 3.8) is 0 Å². The number of nitrogens with zero attached hydrogens (tertiary/aromatic N) is 3. The first-order valence-electron chi connectivity index (χ1n) is 6.75. The standard InChI is InChI=1S/C15H26N4/c1-7-8-19(15(4,5)6)13-10-17-14(11(2)3)18-12(13)9-16/h7,10-11H,1,8-9,16H2,2-6H3. The van der Waals surface area contributed by atoms with Crippen LogP contribution < -0.4 is 10.6 Å². The Balaban J connectivity index is 3.27. The average Bonchev–Trinajstić information content (AvgIpc) is 2.33. The fraction of sp³-hybridized carbons (Fsp3) is 0.600. The topological polar surface area (TPSA) is 55.0 Å². The maximum absolute atomic E-state index is 5.85. The fourth-order valence-corrected chi connectivity index (χ4v) is 1.94. The highest BCUT2D eigenvalue weighted by Crippen LogP contribution is 2.26. The van der Waals surface area contributed by atoms with Crippen molar-refractivity contribution in [1.82, 2.24) is 9.97 Å². The molecule has 0 aromatic carbocycles. The first-order valence-corrected chi connectivity index (χ1v) is 6.75. The molecule has 0 aliphatic heterocycles. The van der Waals surface area contributed by atoms with Crippen LogP contribution in [0.5, 0.6) is 0 Å². The Bertz CT molecular complexity index is 432. The lowest BCUT2D eigenvalue weighted by Crippen LogP contribution is -2.42. The van der Waals surface area contributed by atoms with Gasteiger partial charge in [0.1, 0.15) is 5.82 Å². The Morgan fingerprint density at radius 1 is 1.42 bits per heavy atom. The van der Waals surface area contributed by atoms with Crippen molar-refractivity contribution in [3.8, 4) is 0 Å². The summed E-state index contributed by atoms with van der Waals surface area (Å²) >= 11 is 0. The number of rotatable bonds is 5. The number of hydrogen-bond donors (Lipinski definition) is 1. The van der Waals surface area contributed by atoms with Gasteiger partial charge in [0.05, 0.1) is 17.6 Å². The van der Waals surface area contributed by atoms with Crippen molar-refractivity contribution in [3.05, 3.63) is 30.4 Å². The van der Waals surface area contributed by atoms with E-state index >= 15 is 0 Å². The third-order valence-electron chi connectivity index (χ3n) is 2.99. The van der Waals surface area contributed by atoms with E-state index in [2.05, 4.69) is 56.1 Å². The zero-order valence-corrected chi connectivity index (χ0v) is 12.8. The Morgan fingerprint density at radius 3 is 2.47 bits per heavy atom. The van der Waals surface area contributed by atoms with Gasteiger partial charge in [0.15, 0.2) is 0 Å². The predicted octanol–water partition coefficient (Wildman–Crippen LogP) is 2.85. The lowest BCUT2D eigenvalue weighted by Gasteiger charge is -2.37. The van der Waals surface area contributed by atoms with Crippen molar-refractivity contribution in [1.29, 1.82) is 0 Å². The first kappa shape index (κ1) is 15.6. The van der Waals surface area contributed by atoms with Gasteiger partial charge in [-0.25, -0.2) is 9.97 Å². The van der Waals surface area contributed by atoms with E-state index in [4.69, 9.17) is 5.73 Å². The van der Waals surface area contributed by atoms with Crippen molar-refractivity contribution in [2.75, 3.05) is 11.4 Å². The number of anilines is 1. The summed E-state index contributed by atoms with van der Waals surface area (Å²) < 4.78 is 0. The predicted molar refractivity (Wildman–Crippen MR) is 81.3 cm³/mol. The van der Waals surface area contributed by atoms with E-state index < -0.39 is 0 Å². The molecule has 1 rings (SSSR count). The molecule has 1 heterocycles. The van der Waals surface area contributed by atoms with E-state index in [0.29, 0.717) is 12.5 Å². The molecule has 0 saturated heterocycles. The van der Waals surface area contributed by atoms with Gasteiger partial charge in [0, 0.05) is 24.5 Å². The molecule has 1 aromatic heterocycles. The molecule has 0 aliphatic rings. The molecule has 0 unspecified atom stereocenters. The summed E-state index contributed by atoms with van der Waals surface area (Å²) in [6, 6.07) is 0. The molecule has 0 aliphatic carbocycles. The molecule has 1 aromatic rings. The minimum atomic E-state index is -0.0270. The van der Waals surface area contributed by atoms with Crippen LogP contribution in [0.3, 0.4) is 0 Å². The zero-order valence-electron chi connectivity index (χ0n) is 12.8. The van der Waals surface area contributed by atoms with Gasteiger partial charge in [-0.05, 0) is 20.8 Å². The van der Waals surface area contributed by atoms with Crippen molar-refractivity contribution in [2.24, 2.45) is 5.73 Å². The molecule has 4 nitrogen and oxygen atoms in total. The van der Waals surface area contributed by atoms with Crippen LogP contribution in [0, 0.1) is 0 Å². The molecule has 0 spiro atoms. The number of aromatic nitrogens is 2. The van der Waals surface area contributed by atoms with Gasteiger partial charge in [0.2, 0.25) is 0 Å². The highest BCUT2D eigenvalue weighted by molar-refractivity contribution is 5.52. The quantitative estimate of drug-likeness (QED) is 0.829. The van der Waals surface area contributed by atoms with Gasteiger partial charge in [-0.3, -0.25) is 0 Å². The van der Waals surface area contributed by atoms with Crippen molar-refractivity contribution < 1.29 is 0 Å². The van der Waals surface area contributed by atoms with Gasteiger partial charge < -0.3 is 10.6 Å². The summed E-state index contributed by atoms with van der Waals surface area (Å²) in [4.78, 5) is 11.3. The van der Waals surface area contributed by atoms with Crippen LogP contribution in [0.15, 0.2) is 18.9 Å². The highest BCUT2D eigenvalue weighted by Gasteiger charge is 2.24. The summed E-state index contributed by atoms with van der Waals surface area (Å²) in [5.41, 5.74) is 7.73. The third kappa shape index (κ3) is 3.77. The zero-order chi connectivity index (χ0) is 14.6. The van der Waals surface area contributed by atoms with E-state index in [-0.39, 0.29) is 5.54 Å². The minimum Gasteiger partial charge on any atom is -0.360 e. The smallest absolute Gasteiger partial charge is 0.131 e. The maximum Gasteiger partial charge on any atom is 0.131 e. The molecule has 0 radical (unpaired) electrons. The lowest BCUT2D eigenvalue weighted by molar-refractivity contribution is 0.518. The summed E-state index contributed by atoms with van der Waals surface area (Å²) in [5, 5.41) is 0. The third-order valence-corrected chi connectivity index (χ3v) is 2.99. The second kappa shape index (κ2) is 6.15. The van der Waals surface area contributed by atoms with E-state index in [0.717, 1.165) is 23.8 Å². The minimum absolute atomic E-state index is 0.0270. The van der Waals surface area contributed by atoms with Crippen LogP contribution in [-0.2, 0) is 6.54 Å². The Morgan fingerprint density at radius 2 is 2.05 bits per heavy atom. The molecule has 0 fully saturated rings. The molecule has 0 saturated carbocycles. The van der Waals surface area contributed by atoms with Gasteiger partial charge in [0.25, 0.3) is 0 Å². The van der Waals surface area contributed by atoms with Crippen LogP contribution in [-0.4, -0.2) is 22.1 Å². The second-order valence-corrected chi connectivity index (χ2v) is 5.99. The summed E-state index contributed by atoms with van der Waals surface area (Å²) in [6.07, 6.45) is 3.78. The van der Waals surface area contributed by atoms with Crippen LogP contribution >= 0.6 is 0 Å². The fourth-order valence-electron chi connectivity index (χ4n) is 1.94. The average molecular weight is 262 g/mol. The first-order chi connectivity index (χ1) is 8.81. The van der Waals surface area contributed by atoms with Gasteiger partial charge in [-0.15, -0.1) is 6.58 Å². The highest BCUT2D eigenvalue weighted by atomic mass is 15.2. The normalized spacial score (nSPS) is 11.7. The maximum atomic E-state index is 5.85. The lowest BCUT2D eigenvalue weighted by atomic mass is 10.0. The van der Waals surface area contributed by atoms with Crippen molar-refractivity contribution in [2.45, 2.75) is 52.6 Å². The number of hydrogen-bond acceptors (Lipinski definition) is 4. The summed E-state index contributed by atoms with van der Waals surface area (Å²) in [6.45, 7) is 15.6. The summed E-state index contributed by atoms with van der Waals surface area (Å²) in [7, 11) is 0. The molecule has 106 valence electrons. The Kier molecular flexibility index (Phi) is 5.06. The molecule has 0 amide bonds. The van der Waals surface area contributed by atoms with E-state index in [1.165, 1.54) is 0 Å². The molecular weight excluding hydrogens is 236 g/mol. The molecule has 0 bridgehead atoms. The molecule has 4 heteroatoms.